The van der Waals surface area contributed by atoms with E-state index in [1.807, 2.05) is 0 Å². The molecule has 94 valence electrons. The van der Waals surface area contributed by atoms with Gasteiger partial charge in [0.2, 0.25) is 0 Å². The summed E-state index contributed by atoms with van der Waals surface area (Å²) in [6.45, 7) is 0.458. The van der Waals surface area contributed by atoms with Crippen LogP contribution in [0.3, 0.4) is 0 Å². The van der Waals surface area contributed by atoms with E-state index in [1.54, 1.807) is 24.3 Å². The Kier molecular flexibility index (Phi) is 6.50. The lowest BCUT2D eigenvalue weighted by Crippen LogP contribution is -2.04. The van der Waals surface area contributed by atoms with E-state index < -0.39 is 8.25 Å². The molecule has 6 nitrogen and oxygen atoms in total. The SMILES string of the molecule is O=[P+](O)OCCOc1ccc(OCCO)cc1. The van der Waals surface area contributed by atoms with E-state index in [0.717, 1.165) is 0 Å². The van der Waals surface area contributed by atoms with E-state index in [2.05, 4.69) is 4.52 Å². The van der Waals surface area contributed by atoms with E-state index in [-0.39, 0.29) is 26.4 Å². The molecule has 1 rings (SSSR count). The lowest BCUT2D eigenvalue weighted by molar-refractivity contribution is 0.200. The van der Waals surface area contributed by atoms with Crippen molar-refractivity contribution in [1.29, 1.82) is 0 Å². The minimum atomic E-state index is -2.57. The summed E-state index contributed by atoms with van der Waals surface area (Å²) in [6.07, 6.45) is 0. The van der Waals surface area contributed by atoms with Crippen molar-refractivity contribution in [1.82, 2.24) is 0 Å². The number of hydrogen-bond donors (Lipinski definition) is 2. The van der Waals surface area contributed by atoms with Gasteiger partial charge in [-0.3, -0.25) is 0 Å². The highest BCUT2D eigenvalue weighted by Crippen LogP contribution is 2.18. The topological polar surface area (TPSA) is 85.2 Å². The van der Waals surface area contributed by atoms with Crippen LogP contribution in [0.5, 0.6) is 11.5 Å². The summed E-state index contributed by atoms with van der Waals surface area (Å²) in [6, 6.07) is 6.81. The minimum Gasteiger partial charge on any atom is -0.491 e. The van der Waals surface area contributed by atoms with Gasteiger partial charge < -0.3 is 14.6 Å². The predicted octanol–water partition coefficient (Wildman–Crippen LogP) is 1.10. The number of aliphatic hydroxyl groups is 1. The maximum absolute atomic E-state index is 10.2. The van der Waals surface area contributed by atoms with Crippen molar-refractivity contribution in [3.8, 4) is 11.5 Å². The molecule has 17 heavy (non-hydrogen) atoms. The molecule has 0 aliphatic heterocycles. The fourth-order valence-electron chi connectivity index (χ4n) is 1.07. The number of ether oxygens (including phenoxy) is 2. The minimum absolute atomic E-state index is 0.0328. The molecule has 0 saturated heterocycles. The third-order valence-corrected chi connectivity index (χ3v) is 2.14. The Hall–Kier alpha value is -1.20. The van der Waals surface area contributed by atoms with Gasteiger partial charge in [0.1, 0.15) is 31.3 Å². The molecule has 0 aliphatic carbocycles. The van der Waals surface area contributed by atoms with E-state index in [9.17, 15) is 4.57 Å². The van der Waals surface area contributed by atoms with Crippen LogP contribution >= 0.6 is 8.25 Å². The Bertz CT molecular complexity index is 339. The van der Waals surface area contributed by atoms with Crippen LogP contribution in [0.1, 0.15) is 0 Å². The molecule has 0 spiro atoms. The highest BCUT2D eigenvalue weighted by molar-refractivity contribution is 7.32. The Labute approximate surface area is 99.7 Å². The van der Waals surface area contributed by atoms with Crippen molar-refractivity contribution in [2.75, 3.05) is 26.4 Å². The van der Waals surface area contributed by atoms with Crippen molar-refractivity contribution >= 4 is 8.25 Å². The van der Waals surface area contributed by atoms with Crippen LogP contribution in [-0.2, 0) is 9.09 Å². The fraction of sp³-hybridized carbons (Fsp3) is 0.400. The van der Waals surface area contributed by atoms with Gasteiger partial charge in [-0.1, -0.05) is 0 Å². The van der Waals surface area contributed by atoms with Crippen molar-refractivity contribution in [2.45, 2.75) is 0 Å². The first kappa shape index (κ1) is 13.9. The Balaban J connectivity index is 2.27. The molecule has 0 fully saturated rings. The number of hydrogen-bond acceptors (Lipinski definition) is 5. The number of benzene rings is 1. The molecular formula is C10H14O6P+. The predicted molar refractivity (Wildman–Crippen MR) is 60.3 cm³/mol. The molecular weight excluding hydrogens is 247 g/mol. The molecule has 0 heterocycles. The molecule has 7 heteroatoms. The van der Waals surface area contributed by atoms with E-state index >= 15 is 0 Å². The smallest absolute Gasteiger partial charge is 0.491 e. The molecule has 0 bridgehead atoms. The van der Waals surface area contributed by atoms with Gasteiger partial charge in [0.15, 0.2) is 0 Å². The fourth-order valence-corrected chi connectivity index (χ4v) is 1.30. The maximum atomic E-state index is 10.2. The van der Waals surface area contributed by atoms with Crippen LogP contribution in [0.2, 0.25) is 0 Å². The van der Waals surface area contributed by atoms with Gasteiger partial charge in [0.05, 0.1) is 6.61 Å². The molecule has 0 aliphatic rings. The summed E-state index contributed by atoms with van der Waals surface area (Å²) in [5.74, 6) is 1.25. The quantitative estimate of drug-likeness (QED) is 0.538. The molecule has 0 saturated carbocycles. The van der Waals surface area contributed by atoms with Gasteiger partial charge in [-0.25, -0.2) is 0 Å². The van der Waals surface area contributed by atoms with Crippen LogP contribution in [0.25, 0.3) is 0 Å². The molecule has 1 unspecified atom stereocenters. The highest BCUT2D eigenvalue weighted by atomic mass is 31.1. The lowest BCUT2D eigenvalue weighted by atomic mass is 10.3. The van der Waals surface area contributed by atoms with Crippen LogP contribution < -0.4 is 9.47 Å². The molecule has 1 atom stereocenters. The summed E-state index contributed by atoms with van der Waals surface area (Å²) in [4.78, 5) is 8.36. The standard InChI is InChI=1S/C10H13O6P/c11-5-6-14-9-1-3-10(4-2-9)15-7-8-16-17(12)13/h1-4,11H,5-8H2/p+1. The summed E-state index contributed by atoms with van der Waals surface area (Å²) in [5.41, 5.74) is 0. The van der Waals surface area contributed by atoms with Gasteiger partial charge in [-0.2, -0.15) is 0 Å². The average Bonchev–Trinajstić information content (AvgIpc) is 2.33. The molecule has 0 amide bonds. The summed E-state index contributed by atoms with van der Waals surface area (Å²) in [5, 5.41) is 8.56. The summed E-state index contributed by atoms with van der Waals surface area (Å²) >= 11 is 0. The van der Waals surface area contributed by atoms with Crippen molar-refractivity contribution < 1.29 is 28.6 Å². The Morgan fingerprint density at radius 2 is 1.53 bits per heavy atom. The third-order valence-electron chi connectivity index (χ3n) is 1.74. The zero-order valence-electron chi connectivity index (χ0n) is 9.11. The maximum Gasteiger partial charge on any atom is 0.694 e. The molecule has 2 N–H and O–H groups in total. The van der Waals surface area contributed by atoms with Crippen LogP contribution in [-0.4, -0.2) is 36.4 Å². The van der Waals surface area contributed by atoms with Gasteiger partial charge in [-0.05, 0) is 24.3 Å². The van der Waals surface area contributed by atoms with E-state index in [1.165, 1.54) is 0 Å². The van der Waals surface area contributed by atoms with Crippen LogP contribution in [0.15, 0.2) is 24.3 Å². The largest absolute Gasteiger partial charge is 0.694 e. The molecule has 0 aromatic heterocycles. The number of rotatable bonds is 8. The van der Waals surface area contributed by atoms with Gasteiger partial charge in [0.25, 0.3) is 0 Å². The normalized spacial score (nSPS) is 11.1. The Morgan fingerprint density at radius 3 is 2.00 bits per heavy atom. The van der Waals surface area contributed by atoms with Crippen molar-refractivity contribution in [2.24, 2.45) is 0 Å². The first-order chi connectivity index (χ1) is 8.22. The first-order valence-corrected chi connectivity index (χ1v) is 6.11. The Morgan fingerprint density at radius 1 is 1.00 bits per heavy atom. The zero-order chi connectivity index (χ0) is 12.5. The van der Waals surface area contributed by atoms with Gasteiger partial charge >= 0.3 is 8.25 Å². The highest BCUT2D eigenvalue weighted by Gasteiger charge is 2.10. The summed E-state index contributed by atoms with van der Waals surface area (Å²) in [7, 11) is -2.57. The van der Waals surface area contributed by atoms with Crippen LogP contribution in [0.4, 0.5) is 0 Å². The van der Waals surface area contributed by atoms with Gasteiger partial charge in [-0.15, -0.1) is 9.42 Å². The van der Waals surface area contributed by atoms with E-state index in [0.29, 0.717) is 11.5 Å². The summed E-state index contributed by atoms with van der Waals surface area (Å²) < 4.78 is 25.0. The molecule has 1 aromatic rings. The second kappa shape index (κ2) is 7.97. The first-order valence-electron chi connectivity index (χ1n) is 4.98. The zero-order valence-corrected chi connectivity index (χ0v) is 10.0. The van der Waals surface area contributed by atoms with Crippen molar-refractivity contribution in [3.05, 3.63) is 24.3 Å². The monoisotopic (exact) mass is 261 g/mol. The second-order valence-electron chi connectivity index (χ2n) is 2.96. The lowest BCUT2D eigenvalue weighted by Gasteiger charge is -2.06. The third kappa shape index (κ3) is 6.19. The molecule has 0 radical (unpaired) electrons. The van der Waals surface area contributed by atoms with E-state index in [4.69, 9.17) is 19.5 Å². The van der Waals surface area contributed by atoms with Crippen LogP contribution in [0, 0.1) is 0 Å². The number of aliphatic hydroxyl groups excluding tert-OH is 1. The molecule has 1 aromatic carbocycles. The van der Waals surface area contributed by atoms with Crippen molar-refractivity contribution in [3.63, 3.8) is 0 Å². The van der Waals surface area contributed by atoms with Gasteiger partial charge in [0, 0.05) is 4.57 Å². The average molecular weight is 261 g/mol. The second-order valence-corrected chi connectivity index (χ2v) is 3.70.